The number of carboxylic acids is 1. The third-order valence-corrected chi connectivity index (χ3v) is 0.791. The molecule has 0 aromatic heterocycles. The zero-order valence-corrected chi connectivity index (χ0v) is 4.72. The van der Waals surface area contributed by atoms with Crippen molar-refractivity contribution in [2.75, 3.05) is 6.61 Å². The number of hydrogen-bond acceptors (Lipinski definition) is 2. The highest BCUT2D eigenvalue weighted by Crippen LogP contribution is 1.98. The summed E-state index contributed by atoms with van der Waals surface area (Å²) in [6.07, 6.45) is 1.00. The van der Waals surface area contributed by atoms with Gasteiger partial charge in [-0.15, -0.1) is 0 Å². The number of aliphatic hydroxyl groups excluding tert-OH is 1. The van der Waals surface area contributed by atoms with E-state index in [-0.39, 0.29) is 11.6 Å². The molecule has 0 bridgehead atoms. The van der Waals surface area contributed by atoms with Gasteiger partial charge in [-0.25, -0.2) is 4.79 Å². The molecule has 0 aromatic rings. The Bertz CT molecular complexity index is 118. The van der Waals surface area contributed by atoms with Crippen molar-refractivity contribution in [2.45, 2.75) is 0 Å². The van der Waals surface area contributed by atoms with E-state index in [4.69, 9.17) is 21.8 Å². The molecule has 0 aliphatic rings. The number of carboxylic acid groups (broad SMARTS) is 1. The zero-order valence-electron chi connectivity index (χ0n) is 3.97. The van der Waals surface area contributed by atoms with Gasteiger partial charge in [0.05, 0.1) is 6.61 Å². The topological polar surface area (TPSA) is 57.5 Å². The minimum Gasteiger partial charge on any atom is -0.477 e. The van der Waals surface area contributed by atoms with Crippen LogP contribution in [0.15, 0.2) is 11.1 Å². The van der Waals surface area contributed by atoms with E-state index >= 15 is 0 Å². The SMILES string of the molecule is O=C(O)C(Cl)=CCO. The van der Waals surface area contributed by atoms with Crippen LogP contribution in [0.5, 0.6) is 0 Å². The standard InChI is InChI=1S/C4H5ClO3/c5-3(1-2-6)4(7)8/h1,6H,2H2,(H,7,8). The molecule has 0 atom stereocenters. The third-order valence-electron chi connectivity index (χ3n) is 0.475. The van der Waals surface area contributed by atoms with E-state index < -0.39 is 5.97 Å². The molecule has 3 nitrogen and oxygen atoms in total. The molecule has 0 unspecified atom stereocenters. The van der Waals surface area contributed by atoms with Gasteiger partial charge in [0.2, 0.25) is 0 Å². The number of aliphatic hydroxyl groups is 1. The largest absolute Gasteiger partial charge is 0.477 e. The first kappa shape index (κ1) is 7.46. The Kier molecular flexibility index (Phi) is 3.23. The maximum atomic E-state index is 9.78. The van der Waals surface area contributed by atoms with E-state index in [0.717, 1.165) is 6.08 Å². The van der Waals surface area contributed by atoms with Crippen LogP contribution < -0.4 is 0 Å². The van der Waals surface area contributed by atoms with Gasteiger partial charge in [-0.2, -0.15) is 0 Å². The minimum absolute atomic E-state index is 0.342. The molecule has 0 fully saturated rings. The predicted octanol–water partition coefficient (Wildman–Crippen LogP) is 0.186. The molecule has 0 saturated heterocycles. The molecule has 2 N–H and O–H groups in total. The molecular weight excluding hydrogens is 131 g/mol. The second kappa shape index (κ2) is 3.46. The van der Waals surface area contributed by atoms with Gasteiger partial charge in [0.1, 0.15) is 5.03 Å². The average molecular weight is 137 g/mol. The lowest BCUT2D eigenvalue weighted by Gasteiger charge is -1.84. The first-order valence-corrected chi connectivity index (χ1v) is 2.26. The van der Waals surface area contributed by atoms with Gasteiger partial charge in [-0.05, 0) is 6.08 Å². The Hall–Kier alpha value is -0.540. The van der Waals surface area contributed by atoms with Gasteiger partial charge in [0.15, 0.2) is 0 Å². The van der Waals surface area contributed by atoms with Gasteiger partial charge in [-0.1, -0.05) is 11.6 Å². The lowest BCUT2D eigenvalue weighted by molar-refractivity contribution is -0.131. The normalized spacial score (nSPS) is 11.5. The number of rotatable bonds is 2. The minimum atomic E-state index is -1.22. The van der Waals surface area contributed by atoms with Crippen LogP contribution in [-0.4, -0.2) is 22.8 Å². The van der Waals surface area contributed by atoms with Gasteiger partial charge >= 0.3 is 5.97 Å². The van der Waals surface area contributed by atoms with E-state index in [9.17, 15) is 4.79 Å². The Balaban J connectivity index is 3.80. The van der Waals surface area contributed by atoms with E-state index in [0.29, 0.717) is 0 Å². The van der Waals surface area contributed by atoms with Crippen LogP contribution in [0.2, 0.25) is 0 Å². The molecule has 0 saturated carbocycles. The van der Waals surface area contributed by atoms with Crippen LogP contribution in [-0.2, 0) is 4.79 Å². The van der Waals surface area contributed by atoms with E-state index in [2.05, 4.69) is 0 Å². The highest BCUT2D eigenvalue weighted by Gasteiger charge is 1.98. The number of carbonyl (C=O) groups is 1. The lowest BCUT2D eigenvalue weighted by atomic mass is 10.5. The summed E-state index contributed by atoms with van der Waals surface area (Å²) in [6.45, 7) is -0.342. The first-order chi connectivity index (χ1) is 3.68. The summed E-state index contributed by atoms with van der Waals surface area (Å²) in [4.78, 5) is 9.78. The third kappa shape index (κ3) is 2.60. The molecule has 8 heavy (non-hydrogen) atoms. The molecule has 0 aliphatic carbocycles. The molecule has 46 valence electrons. The molecule has 4 heteroatoms. The van der Waals surface area contributed by atoms with Crippen molar-refractivity contribution >= 4 is 17.6 Å². The van der Waals surface area contributed by atoms with Crippen molar-refractivity contribution in [1.82, 2.24) is 0 Å². The molecule has 0 radical (unpaired) electrons. The monoisotopic (exact) mass is 136 g/mol. The maximum Gasteiger partial charge on any atom is 0.347 e. The molecule has 0 amide bonds. The first-order valence-electron chi connectivity index (χ1n) is 1.88. The van der Waals surface area contributed by atoms with Crippen LogP contribution in [0.3, 0.4) is 0 Å². The maximum absolute atomic E-state index is 9.78. The summed E-state index contributed by atoms with van der Waals surface area (Å²) in [5.41, 5.74) is 0. The summed E-state index contributed by atoms with van der Waals surface area (Å²) >= 11 is 5.02. The molecule has 0 heterocycles. The van der Waals surface area contributed by atoms with E-state index in [1.807, 2.05) is 0 Å². The van der Waals surface area contributed by atoms with Crippen LogP contribution in [0.25, 0.3) is 0 Å². The molecule has 0 rings (SSSR count). The van der Waals surface area contributed by atoms with Crippen molar-refractivity contribution in [3.63, 3.8) is 0 Å². The van der Waals surface area contributed by atoms with Gasteiger partial charge in [0.25, 0.3) is 0 Å². The lowest BCUT2D eigenvalue weighted by Crippen LogP contribution is -1.94. The number of hydrogen-bond donors (Lipinski definition) is 2. The van der Waals surface area contributed by atoms with Crippen molar-refractivity contribution in [1.29, 1.82) is 0 Å². The predicted molar refractivity (Wildman–Crippen MR) is 28.7 cm³/mol. The number of aliphatic carboxylic acids is 1. The van der Waals surface area contributed by atoms with Crippen LogP contribution in [0, 0.1) is 0 Å². The van der Waals surface area contributed by atoms with Gasteiger partial charge < -0.3 is 10.2 Å². The highest BCUT2D eigenvalue weighted by molar-refractivity contribution is 6.40. The summed E-state index contributed by atoms with van der Waals surface area (Å²) in [6, 6.07) is 0. The van der Waals surface area contributed by atoms with Crippen LogP contribution in [0.1, 0.15) is 0 Å². The quantitative estimate of drug-likeness (QED) is 0.533. The van der Waals surface area contributed by atoms with Crippen molar-refractivity contribution in [3.8, 4) is 0 Å². The fourth-order valence-corrected chi connectivity index (χ4v) is 0.236. The van der Waals surface area contributed by atoms with Crippen molar-refractivity contribution in [3.05, 3.63) is 11.1 Å². The second-order valence-electron chi connectivity index (χ2n) is 1.04. The van der Waals surface area contributed by atoms with E-state index in [1.54, 1.807) is 0 Å². The number of halogens is 1. The zero-order chi connectivity index (χ0) is 6.57. The Morgan fingerprint density at radius 1 is 1.75 bits per heavy atom. The Labute approximate surface area is 51.2 Å². The molecule has 0 aliphatic heterocycles. The molecule has 0 aromatic carbocycles. The van der Waals surface area contributed by atoms with Crippen molar-refractivity contribution in [2.24, 2.45) is 0 Å². The van der Waals surface area contributed by atoms with E-state index in [1.165, 1.54) is 0 Å². The van der Waals surface area contributed by atoms with Crippen LogP contribution >= 0.6 is 11.6 Å². The average Bonchev–Trinajstić information content (AvgIpc) is 1.67. The second-order valence-corrected chi connectivity index (χ2v) is 1.45. The van der Waals surface area contributed by atoms with Gasteiger partial charge in [-0.3, -0.25) is 0 Å². The summed E-state index contributed by atoms with van der Waals surface area (Å²) in [5, 5.41) is 15.7. The Morgan fingerprint density at radius 3 is 2.38 bits per heavy atom. The molecular formula is C4H5ClO3. The summed E-state index contributed by atoms with van der Waals surface area (Å²) < 4.78 is 0. The summed E-state index contributed by atoms with van der Waals surface area (Å²) in [5.74, 6) is -1.22. The van der Waals surface area contributed by atoms with Crippen LogP contribution in [0.4, 0.5) is 0 Å². The van der Waals surface area contributed by atoms with Crippen molar-refractivity contribution < 1.29 is 15.0 Å². The highest BCUT2D eigenvalue weighted by atomic mass is 35.5. The summed E-state index contributed by atoms with van der Waals surface area (Å²) in [7, 11) is 0. The Morgan fingerprint density at radius 2 is 2.25 bits per heavy atom. The fourth-order valence-electron chi connectivity index (χ4n) is 0.167. The fraction of sp³-hybridized carbons (Fsp3) is 0.250. The van der Waals surface area contributed by atoms with Gasteiger partial charge in [0, 0.05) is 0 Å². The molecule has 0 spiro atoms. The smallest absolute Gasteiger partial charge is 0.347 e.